The zero-order valence-corrected chi connectivity index (χ0v) is 10.9. The Morgan fingerprint density at radius 3 is 2.71 bits per heavy atom. The zero-order chi connectivity index (χ0) is 15.2. The molecule has 0 fully saturated rings. The molecule has 0 heterocycles. The van der Waals surface area contributed by atoms with Gasteiger partial charge in [0, 0.05) is 11.3 Å². The molecule has 1 amide bonds. The van der Waals surface area contributed by atoms with Crippen LogP contribution in [0.2, 0.25) is 0 Å². The van der Waals surface area contributed by atoms with Crippen LogP contribution < -0.4 is 5.32 Å². The molecule has 106 valence electrons. The topological polar surface area (TPSA) is 49.3 Å². The molecular weight excluding hydrogens is 276 g/mol. The molecule has 0 atom stereocenters. The van der Waals surface area contributed by atoms with Crippen molar-refractivity contribution >= 4 is 11.6 Å². The summed E-state index contributed by atoms with van der Waals surface area (Å²) in [6.45, 7) is -0.390. The van der Waals surface area contributed by atoms with Crippen molar-refractivity contribution in [1.82, 2.24) is 0 Å². The maximum absolute atomic E-state index is 13.5. The van der Waals surface area contributed by atoms with Crippen molar-refractivity contribution in [1.29, 1.82) is 0 Å². The van der Waals surface area contributed by atoms with Gasteiger partial charge < -0.3 is 10.4 Å². The van der Waals surface area contributed by atoms with Crippen LogP contribution in [-0.2, 0) is 0 Å². The monoisotopic (exact) mass is 287 g/mol. The Bertz CT molecular complexity index is 733. The first-order valence-electron chi connectivity index (χ1n) is 6.06. The van der Waals surface area contributed by atoms with Gasteiger partial charge in [0.25, 0.3) is 5.91 Å². The molecule has 2 N–H and O–H groups in total. The van der Waals surface area contributed by atoms with Crippen LogP contribution in [0.25, 0.3) is 0 Å². The van der Waals surface area contributed by atoms with Gasteiger partial charge in [-0.3, -0.25) is 4.79 Å². The fourth-order valence-corrected chi connectivity index (χ4v) is 1.67. The van der Waals surface area contributed by atoms with Crippen molar-refractivity contribution in [2.24, 2.45) is 0 Å². The van der Waals surface area contributed by atoms with Gasteiger partial charge in [-0.15, -0.1) is 0 Å². The summed E-state index contributed by atoms with van der Waals surface area (Å²) in [7, 11) is 0. The molecule has 2 aromatic carbocycles. The van der Waals surface area contributed by atoms with E-state index in [2.05, 4.69) is 17.2 Å². The van der Waals surface area contributed by atoms with Crippen molar-refractivity contribution in [3.8, 4) is 11.8 Å². The van der Waals surface area contributed by atoms with Crippen molar-refractivity contribution in [2.45, 2.75) is 0 Å². The second kappa shape index (κ2) is 6.64. The number of aliphatic hydroxyl groups excluding tert-OH is 1. The summed E-state index contributed by atoms with van der Waals surface area (Å²) < 4.78 is 26.5. The van der Waals surface area contributed by atoms with Crippen LogP contribution in [0.3, 0.4) is 0 Å². The molecule has 0 unspecified atom stereocenters. The molecule has 0 saturated heterocycles. The molecule has 0 aliphatic rings. The summed E-state index contributed by atoms with van der Waals surface area (Å²) in [5.74, 6) is 3.18. The summed E-state index contributed by atoms with van der Waals surface area (Å²) in [5.41, 5.74) is 0.538. The highest BCUT2D eigenvalue weighted by atomic mass is 19.1. The lowest BCUT2D eigenvalue weighted by molar-refractivity contribution is 0.102. The van der Waals surface area contributed by atoms with Crippen LogP contribution in [0.1, 0.15) is 15.9 Å². The van der Waals surface area contributed by atoms with E-state index in [0.29, 0.717) is 5.69 Å². The number of carbonyl (C=O) groups excluding carboxylic acids is 1. The first-order chi connectivity index (χ1) is 10.1. The van der Waals surface area contributed by atoms with Crippen LogP contribution in [0.4, 0.5) is 14.5 Å². The standard InChI is InChI=1S/C16H11F2NO2/c17-13-5-1-3-12(9-13)16(21)19-14-6-7-15(18)11(10-14)4-2-8-20/h1,3,5-7,9-10,20H,8H2,(H,19,21). The Kier molecular flexibility index (Phi) is 4.64. The quantitative estimate of drug-likeness (QED) is 0.834. The van der Waals surface area contributed by atoms with Gasteiger partial charge in [-0.05, 0) is 36.4 Å². The number of nitrogens with one attached hydrogen (secondary N) is 1. The van der Waals surface area contributed by atoms with E-state index < -0.39 is 17.5 Å². The fourth-order valence-electron chi connectivity index (χ4n) is 1.67. The lowest BCUT2D eigenvalue weighted by atomic mass is 10.1. The Morgan fingerprint density at radius 2 is 2.00 bits per heavy atom. The molecule has 0 aliphatic heterocycles. The zero-order valence-electron chi connectivity index (χ0n) is 10.9. The number of amides is 1. The third-order valence-corrected chi connectivity index (χ3v) is 2.61. The van der Waals surface area contributed by atoms with Crippen LogP contribution in [-0.4, -0.2) is 17.6 Å². The minimum absolute atomic E-state index is 0.0566. The molecule has 3 nitrogen and oxygen atoms in total. The normalized spacial score (nSPS) is 9.67. The van der Waals surface area contributed by atoms with Gasteiger partial charge >= 0.3 is 0 Å². The number of anilines is 1. The summed E-state index contributed by atoms with van der Waals surface area (Å²) in [6, 6.07) is 9.10. The Morgan fingerprint density at radius 1 is 1.19 bits per heavy atom. The molecule has 0 bridgehead atoms. The van der Waals surface area contributed by atoms with E-state index in [4.69, 9.17) is 5.11 Å². The van der Waals surface area contributed by atoms with Crippen LogP contribution >= 0.6 is 0 Å². The number of halogens is 2. The van der Waals surface area contributed by atoms with Gasteiger partial charge in [0.1, 0.15) is 18.2 Å². The van der Waals surface area contributed by atoms with Gasteiger partial charge in [0.05, 0.1) is 5.56 Å². The number of rotatable bonds is 2. The van der Waals surface area contributed by atoms with Gasteiger partial charge in [0.15, 0.2) is 0 Å². The van der Waals surface area contributed by atoms with Crippen molar-refractivity contribution in [3.05, 3.63) is 65.2 Å². The average molecular weight is 287 g/mol. The average Bonchev–Trinajstić information content (AvgIpc) is 2.47. The maximum atomic E-state index is 13.5. The van der Waals surface area contributed by atoms with Crippen LogP contribution in [0.5, 0.6) is 0 Å². The SMILES string of the molecule is O=C(Nc1ccc(F)c(C#CCO)c1)c1cccc(F)c1. The Labute approximate surface area is 120 Å². The highest BCUT2D eigenvalue weighted by molar-refractivity contribution is 6.04. The van der Waals surface area contributed by atoms with Crippen molar-refractivity contribution in [2.75, 3.05) is 11.9 Å². The summed E-state index contributed by atoms with van der Waals surface area (Å²) in [6.07, 6.45) is 0. The fraction of sp³-hybridized carbons (Fsp3) is 0.0625. The van der Waals surface area contributed by atoms with E-state index in [-0.39, 0.29) is 17.7 Å². The number of aliphatic hydroxyl groups is 1. The molecule has 0 spiro atoms. The molecule has 0 radical (unpaired) electrons. The van der Waals surface area contributed by atoms with E-state index in [1.165, 1.54) is 30.3 Å². The second-order valence-electron chi connectivity index (χ2n) is 4.12. The maximum Gasteiger partial charge on any atom is 0.255 e. The molecule has 5 heteroatoms. The van der Waals surface area contributed by atoms with Crippen LogP contribution in [0, 0.1) is 23.5 Å². The van der Waals surface area contributed by atoms with Crippen molar-refractivity contribution in [3.63, 3.8) is 0 Å². The molecule has 0 saturated carbocycles. The van der Waals surface area contributed by atoms with E-state index >= 15 is 0 Å². The first-order valence-corrected chi connectivity index (χ1v) is 6.06. The highest BCUT2D eigenvalue weighted by Crippen LogP contribution is 2.15. The van der Waals surface area contributed by atoms with E-state index in [9.17, 15) is 13.6 Å². The predicted molar refractivity (Wildman–Crippen MR) is 74.7 cm³/mol. The lowest BCUT2D eigenvalue weighted by Gasteiger charge is -2.06. The number of hydrogen-bond donors (Lipinski definition) is 2. The number of benzene rings is 2. The minimum atomic E-state index is -0.556. The Balaban J connectivity index is 2.21. The third-order valence-electron chi connectivity index (χ3n) is 2.61. The predicted octanol–water partition coefficient (Wildman–Crippen LogP) is 2.56. The van der Waals surface area contributed by atoms with Gasteiger partial charge in [0.2, 0.25) is 0 Å². The van der Waals surface area contributed by atoms with Gasteiger partial charge in [-0.2, -0.15) is 0 Å². The van der Waals surface area contributed by atoms with Gasteiger partial charge in [-0.1, -0.05) is 17.9 Å². The van der Waals surface area contributed by atoms with E-state index in [1.54, 1.807) is 0 Å². The first kappa shape index (κ1) is 14.7. The van der Waals surface area contributed by atoms with Crippen LogP contribution in [0.15, 0.2) is 42.5 Å². The third kappa shape index (κ3) is 3.88. The minimum Gasteiger partial charge on any atom is -0.384 e. The molecular formula is C16H11F2NO2. The number of hydrogen-bond acceptors (Lipinski definition) is 2. The molecule has 2 aromatic rings. The van der Waals surface area contributed by atoms with E-state index in [0.717, 1.165) is 12.1 Å². The summed E-state index contributed by atoms with van der Waals surface area (Å²) in [5, 5.41) is 11.1. The summed E-state index contributed by atoms with van der Waals surface area (Å²) in [4.78, 5) is 11.9. The largest absolute Gasteiger partial charge is 0.384 e. The lowest BCUT2D eigenvalue weighted by Crippen LogP contribution is -2.12. The van der Waals surface area contributed by atoms with Crippen molar-refractivity contribution < 1.29 is 18.7 Å². The second-order valence-corrected chi connectivity index (χ2v) is 4.12. The highest BCUT2D eigenvalue weighted by Gasteiger charge is 2.08. The smallest absolute Gasteiger partial charge is 0.255 e. The molecule has 0 aliphatic carbocycles. The number of carbonyl (C=O) groups is 1. The summed E-state index contributed by atoms with van der Waals surface area (Å²) >= 11 is 0. The molecule has 2 rings (SSSR count). The van der Waals surface area contributed by atoms with Gasteiger partial charge in [-0.25, -0.2) is 8.78 Å². The molecule has 21 heavy (non-hydrogen) atoms. The molecule has 0 aromatic heterocycles. The Hall–Kier alpha value is -2.71. The van der Waals surface area contributed by atoms with E-state index in [1.807, 2.05) is 0 Å².